The number of hydrogen-bond donors (Lipinski definition) is 0. The molecule has 0 atom stereocenters. The van der Waals surface area contributed by atoms with E-state index in [-0.39, 0.29) is 0 Å². The minimum absolute atomic E-state index is 0.439. The van der Waals surface area contributed by atoms with Crippen molar-refractivity contribution in [1.29, 1.82) is 0 Å². The molecule has 3 aromatic heterocycles. The van der Waals surface area contributed by atoms with E-state index in [1.807, 2.05) is 19.9 Å². The zero-order chi connectivity index (χ0) is 19.5. The zero-order valence-electron chi connectivity index (χ0n) is 15.9. The molecule has 0 N–H and O–H groups in total. The first-order valence-electron chi connectivity index (χ1n) is 9.54. The first-order chi connectivity index (χ1) is 13.4. The Kier molecular flexibility index (Phi) is 4.46. The molecule has 0 spiro atoms. The van der Waals surface area contributed by atoms with E-state index in [0.717, 1.165) is 34.2 Å². The zero-order valence-corrected chi connectivity index (χ0v) is 18.4. The van der Waals surface area contributed by atoms with Crippen molar-refractivity contribution in [2.45, 2.75) is 37.3 Å². The first-order valence-corrected chi connectivity index (χ1v) is 12.6. The van der Waals surface area contributed by atoms with E-state index in [1.54, 1.807) is 21.7 Å². The second-order valence-corrected chi connectivity index (χ2v) is 11.9. The van der Waals surface area contributed by atoms with Gasteiger partial charge in [-0.15, -0.1) is 22.7 Å². The highest BCUT2D eigenvalue weighted by atomic mass is 32.2. The highest BCUT2D eigenvalue weighted by molar-refractivity contribution is 7.91. The van der Waals surface area contributed by atoms with Crippen molar-refractivity contribution in [1.82, 2.24) is 14.3 Å². The van der Waals surface area contributed by atoms with E-state index < -0.39 is 10.0 Å². The largest absolute Gasteiger partial charge is 0.353 e. The van der Waals surface area contributed by atoms with Gasteiger partial charge in [-0.25, -0.2) is 18.4 Å². The summed E-state index contributed by atoms with van der Waals surface area (Å²) in [5.74, 6) is 1.78. The fourth-order valence-electron chi connectivity index (χ4n) is 4.13. The summed E-state index contributed by atoms with van der Waals surface area (Å²) in [6, 6.07) is 3.58. The molecule has 2 aliphatic rings. The van der Waals surface area contributed by atoms with Gasteiger partial charge in [-0.3, -0.25) is 0 Å². The Labute approximate surface area is 172 Å². The standard InChI is InChI=1S/C19H22N4O2S3/c1-12-6-7-16(26-12)28(24,25)23-10-8-22(9-11-23)18-17-14-4-3-5-15(14)27-19(17)21-13(2)20-18/h6-7H,3-5,8-11H2,1-2H3. The number of rotatable bonds is 3. The van der Waals surface area contributed by atoms with Crippen LogP contribution in [0.15, 0.2) is 16.3 Å². The average molecular weight is 435 g/mol. The van der Waals surface area contributed by atoms with Gasteiger partial charge in [0.05, 0.1) is 5.39 Å². The fourth-order valence-corrected chi connectivity index (χ4v) is 8.29. The predicted octanol–water partition coefficient (Wildman–Crippen LogP) is 3.37. The third kappa shape index (κ3) is 2.96. The molecule has 28 heavy (non-hydrogen) atoms. The van der Waals surface area contributed by atoms with Gasteiger partial charge in [0, 0.05) is 35.9 Å². The Morgan fingerprint density at radius 3 is 2.50 bits per heavy atom. The fraction of sp³-hybridized carbons (Fsp3) is 0.474. The minimum Gasteiger partial charge on any atom is -0.353 e. The molecule has 9 heteroatoms. The lowest BCUT2D eigenvalue weighted by Crippen LogP contribution is -2.48. The lowest BCUT2D eigenvalue weighted by Gasteiger charge is -2.34. The van der Waals surface area contributed by atoms with Crippen molar-refractivity contribution in [3.8, 4) is 0 Å². The number of nitrogens with zero attached hydrogens (tertiary/aromatic N) is 4. The topological polar surface area (TPSA) is 66.4 Å². The van der Waals surface area contributed by atoms with Crippen LogP contribution in [-0.4, -0.2) is 48.9 Å². The van der Waals surface area contributed by atoms with Gasteiger partial charge in [-0.2, -0.15) is 4.31 Å². The van der Waals surface area contributed by atoms with Crippen molar-refractivity contribution >= 4 is 48.7 Å². The number of aromatic nitrogens is 2. The molecule has 4 heterocycles. The van der Waals surface area contributed by atoms with Crippen LogP contribution in [0, 0.1) is 13.8 Å². The maximum absolute atomic E-state index is 12.9. The molecule has 148 valence electrons. The van der Waals surface area contributed by atoms with Gasteiger partial charge in [0.2, 0.25) is 0 Å². The van der Waals surface area contributed by atoms with Gasteiger partial charge in [-0.1, -0.05) is 0 Å². The highest BCUT2D eigenvalue weighted by Gasteiger charge is 2.31. The SMILES string of the molecule is Cc1nc(N2CCN(S(=O)(=O)c3ccc(C)s3)CC2)c2c3c(sc2n1)CCC3. The normalized spacial score (nSPS) is 18.1. The molecule has 5 rings (SSSR count). The Morgan fingerprint density at radius 1 is 1.00 bits per heavy atom. The summed E-state index contributed by atoms with van der Waals surface area (Å²) < 4.78 is 27.9. The molecule has 0 radical (unpaired) electrons. The van der Waals surface area contributed by atoms with Crippen LogP contribution >= 0.6 is 22.7 Å². The predicted molar refractivity (Wildman–Crippen MR) is 114 cm³/mol. The van der Waals surface area contributed by atoms with E-state index in [2.05, 4.69) is 9.88 Å². The van der Waals surface area contributed by atoms with Gasteiger partial charge in [0.15, 0.2) is 0 Å². The van der Waals surface area contributed by atoms with Crippen LogP contribution in [0.25, 0.3) is 10.2 Å². The van der Waals surface area contributed by atoms with E-state index >= 15 is 0 Å². The van der Waals surface area contributed by atoms with Crippen LogP contribution in [0.4, 0.5) is 5.82 Å². The van der Waals surface area contributed by atoms with Crippen LogP contribution < -0.4 is 4.90 Å². The van der Waals surface area contributed by atoms with Crippen molar-refractivity contribution in [3.63, 3.8) is 0 Å². The molecular formula is C19H22N4O2S3. The highest BCUT2D eigenvalue weighted by Crippen LogP contribution is 2.40. The van der Waals surface area contributed by atoms with Crippen LogP contribution in [0.3, 0.4) is 0 Å². The van der Waals surface area contributed by atoms with Crippen LogP contribution in [-0.2, 0) is 22.9 Å². The van der Waals surface area contributed by atoms with E-state index in [9.17, 15) is 8.42 Å². The quantitative estimate of drug-likeness (QED) is 0.632. The lowest BCUT2D eigenvalue weighted by atomic mass is 10.1. The Hall–Kier alpha value is -1.55. The monoisotopic (exact) mass is 434 g/mol. The number of piperazine rings is 1. The Bertz CT molecular complexity index is 1160. The van der Waals surface area contributed by atoms with Crippen molar-refractivity contribution in [3.05, 3.63) is 33.3 Å². The first kappa shape index (κ1) is 18.5. The molecule has 3 aromatic rings. The summed E-state index contributed by atoms with van der Waals surface area (Å²) in [7, 11) is -3.40. The maximum atomic E-state index is 12.9. The number of fused-ring (bicyclic) bond motifs is 3. The summed E-state index contributed by atoms with van der Waals surface area (Å²) >= 11 is 3.14. The number of thiophene rings is 2. The molecule has 1 aliphatic heterocycles. The van der Waals surface area contributed by atoms with E-state index in [0.29, 0.717) is 30.4 Å². The lowest BCUT2D eigenvalue weighted by molar-refractivity contribution is 0.385. The minimum atomic E-state index is -3.40. The van der Waals surface area contributed by atoms with Crippen LogP contribution in [0.5, 0.6) is 0 Å². The third-order valence-corrected chi connectivity index (χ3v) is 10.1. The molecule has 1 aliphatic carbocycles. The third-order valence-electron chi connectivity index (χ3n) is 5.51. The van der Waals surface area contributed by atoms with Gasteiger partial charge < -0.3 is 4.90 Å². The molecular weight excluding hydrogens is 412 g/mol. The van der Waals surface area contributed by atoms with Crippen LogP contribution in [0.1, 0.15) is 27.6 Å². The number of aryl methyl sites for hydroxylation is 4. The Balaban J connectivity index is 1.43. The van der Waals surface area contributed by atoms with Gasteiger partial charge in [0.1, 0.15) is 20.7 Å². The number of hydrogen-bond acceptors (Lipinski definition) is 7. The molecule has 6 nitrogen and oxygen atoms in total. The summed E-state index contributed by atoms with van der Waals surface area (Å²) in [4.78, 5) is 15.2. The summed E-state index contributed by atoms with van der Waals surface area (Å²) in [6.45, 7) is 6.14. The molecule has 0 bridgehead atoms. The molecule has 1 saturated heterocycles. The van der Waals surface area contributed by atoms with Gasteiger partial charge in [-0.05, 0) is 50.8 Å². The summed E-state index contributed by atoms with van der Waals surface area (Å²) in [5, 5.41) is 1.20. The molecule has 0 saturated carbocycles. The number of sulfonamides is 1. The summed E-state index contributed by atoms with van der Waals surface area (Å²) in [6.07, 6.45) is 3.44. The molecule has 1 fully saturated rings. The van der Waals surface area contributed by atoms with Crippen LogP contribution in [0.2, 0.25) is 0 Å². The second-order valence-electron chi connectivity index (χ2n) is 7.39. The average Bonchev–Trinajstić information content (AvgIpc) is 3.37. The second kappa shape index (κ2) is 6.76. The number of anilines is 1. The smallest absolute Gasteiger partial charge is 0.252 e. The summed E-state index contributed by atoms with van der Waals surface area (Å²) in [5.41, 5.74) is 1.42. The van der Waals surface area contributed by atoms with E-state index in [4.69, 9.17) is 4.98 Å². The Morgan fingerprint density at radius 2 is 1.79 bits per heavy atom. The molecule has 0 amide bonds. The molecule has 0 aromatic carbocycles. The van der Waals surface area contributed by atoms with Gasteiger partial charge in [0.25, 0.3) is 10.0 Å². The van der Waals surface area contributed by atoms with Crippen molar-refractivity contribution < 1.29 is 8.42 Å². The van der Waals surface area contributed by atoms with Crippen molar-refractivity contribution in [2.75, 3.05) is 31.1 Å². The van der Waals surface area contributed by atoms with Crippen molar-refractivity contribution in [2.24, 2.45) is 0 Å². The molecule has 0 unspecified atom stereocenters. The van der Waals surface area contributed by atoms with E-state index in [1.165, 1.54) is 33.6 Å². The van der Waals surface area contributed by atoms with Gasteiger partial charge >= 0.3 is 0 Å². The maximum Gasteiger partial charge on any atom is 0.252 e.